The molecule has 3 N–H and O–H groups in total. The van der Waals surface area contributed by atoms with E-state index in [2.05, 4.69) is 0 Å². The molecule has 0 saturated carbocycles. The summed E-state index contributed by atoms with van der Waals surface area (Å²) >= 11 is 0. The van der Waals surface area contributed by atoms with Crippen molar-refractivity contribution in [2.45, 2.75) is 32.4 Å². The fraction of sp³-hybridized carbons (Fsp3) is 0.263. The Kier molecular flexibility index (Phi) is 5.04. The quantitative estimate of drug-likeness (QED) is 0.840. The lowest BCUT2D eigenvalue weighted by Gasteiger charge is -2.23. The van der Waals surface area contributed by atoms with Crippen LogP contribution in [-0.4, -0.2) is 22.6 Å². The zero-order chi connectivity index (χ0) is 17.9. The van der Waals surface area contributed by atoms with Gasteiger partial charge < -0.3 is 15.6 Å². The van der Waals surface area contributed by atoms with Gasteiger partial charge in [0.25, 0.3) is 0 Å². The van der Waals surface area contributed by atoms with Gasteiger partial charge in [-0.25, -0.2) is 9.59 Å². The smallest absolute Gasteiger partial charge is 0.336 e. The summed E-state index contributed by atoms with van der Waals surface area (Å²) in [6.07, 6.45) is 0. The summed E-state index contributed by atoms with van der Waals surface area (Å²) < 4.78 is 5.34. The predicted molar refractivity (Wildman–Crippen MR) is 91.6 cm³/mol. The average molecular weight is 327 g/mol. The van der Waals surface area contributed by atoms with E-state index < -0.39 is 23.6 Å². The minimum absolute atomic E-state index is 0.154. The molecule has 0 bridgehead atoms. The maximum absolute atomic E-state index is 12.3. The molecular weight excluding hydrogens is 306 g/mol. The fourth-order valence-electron chi connectivity index (χ4n) is 2.41. The van der Waals surface area contributed by atoms with Crippen LogP contribution >= 0.6 is 0 Å². The average Bonchev–Trinajstić information content (AvgIpc) is 2.52. The number of esters is 1. The Morgan fingerprint density at radius 1 is 1.00 bits per heavy atom. The zero-order valence-electron chi connectivity index (χ0n) is 13.9. The molecule has 0 radical (unpaired) electrons. The third kappa shape index (κ3) is 4.00. The zero-order valence-corrected chi connectivity index (χ0v) is 13.9. The van der Waals surface area contributed by atoms with E-state index in [-0.39, 0.29) is 5.56 Å². The van der Waals surface area contributed by atoms with Crippen LogP contribution in [0.25, 0.3) is 11.1 Å². The van der Waals surface area contributed by atoms with Gasteiger partial charge in [-0.05, 0) is 43.5 Å². The minimum Gasteiger partial charge on any atom is -0.478 e. The first-order valence-electron chi connectivity index (χ1n) is 7.61. The van der Waals surface area contributed by atoms with Crippen molar-refractivity contribution >= 4 is 11.9 Å². The Bertz CT molecular complexity index is 762. The van der Waals surface area contributed by atoms with Gasteiger partial charge in [-0.1, -0.05) is 42.5 Å². The van der Waals surface area contributed by atoms with Crippen LogP contribution in [0.3, 0.4) is 0 Å². The first kappa shape index (κ1) is 17.7. The van der Waals surface area contributed by atoms with E-state index in [1.54, 1.807) is 63.2 Å². The van der Waals surface area contributed by atoms with Crippen molar-refractivity contribution in [3.63, 3.8) is 0 Å². The lowest BCUT2D eigenvalue weighted by Crippen LogP contribution is -2.31. The first-order valence-corrected chi connectivity index (χ1v) is 7.61. The van der Waals surface area contributed by atoms with Crippen LogP contribution < -0.4 is 5.73 Å². The summed E-state index contributed by atoms with van der Waals surface area (Å²) in [4.78, 5) is 23.8. The van der Waals surface area contributed by atoms with Crippen LogP contribution in [0, 0.1) is 0 Å². The third-order valence-corrected chi connectivity index (χ3v) is 3.40. The van der Waals surface area contributed by atoms with Crippen molar-refractivity contribution in [2.75, 3.05) is 0 Å². The van der Waals surface area contributed by atoms with Gasteiger partial charge in [-0.15, -0.1) is 0 Å². The van der Waals surface area contributed by atoms with Gasteiger partial charge in [0.2, 0.25) is 0 Å². The summed E-state index contributed by atoms with van der Waals surface area (Å²) in [5.41, 5.74) is 7.24. The summed E-state index contributed by atoms with van der Waals surface area (Å²) in [5.74, 6) is -1.59. The van der Waals surface area contributed by atoms with Crippen LogP contribution in [0.15, 0.2) is 48.5 Å². The summed E-state index contributed by atoms with van der Waals surface area (Å²) in [6.45, 7) is 5.30. The lowest BCUT2D eigenvalue weighted by molar-refractivity contribution is -0.156. The van der Waals surface area contributed by atoms with Crippen molar-refractivity contribution in [1.29, 1.82) is 0 Å². The van der Waals surface area contributed by atoms with Crippen molar-refractivity contribution in [3.8, 4) is 11.1 Å². The van der Waals surface area contributed by atoms with Gasteiger partial charge >= 0.3 is 11.9 Å². The van der Waals surface area contributed by atoms with E-state index in [0.717, 1.165) is 0 Å². The van der Waals surface area contributed by atoms with Crippen molar-refractivity contribution in [1.82, 2.24) is 0 Å². The molecule has 0 amide bonds. The second kappa shape index (κ2) is 6.84. The Labute approximate surface area is 141 Å². The Morgan fingerprint density at radius 2 is 1.54 bits per heavy atom. The van der Waals surface area contributed by atoms with Crippen molar-refractivity contribution in [2.24, 2.45) is 5.73 Å². The fourth-order valence-corrected chi connectivity index (χ4v) is 2.41. The molecule has 0 aliphatic heterocycles. The Balaban J connectivity index is 2.49. The van der Waals surface area contributed by atoms with Crippen molar-refractivity contribution in [3.05, 3.63) is 59.7 Å². The van der Waals surface area contributed by atoms with E-state index in [1.165, 1.54) is 6.07 Å². The van der Waals surface area contributed by atoms with Crippen molar-refractivity contribution < 1.29 is 19.4 Å². The number of carbonyl (C=O) groups excluding carboxylic acids is 1. The number of carboxylic acids is 1. The number of aromatic carboxylic acids is 1. The molecule has 2 aromatic rings. The van der Waals surface area contributed by atoms with Gasteiger partial charge in [-0.2, -0.15) is 0 Å². The monoisotopic (exact) mass is 327 g/mol. The second-order valence-corrected chi connectivity index (χ2v) is 6.45. The van der Waals surface area contributed by atoms with Crippen LogP contribution in [0.2, 0.25) is 0 Å². The van der Waals surface area contributed by atoms with Gasteiger partial charge in [0.1, 0.15) is 11.6 Å². The highest BCUT2D eigenvalue weighted by atomic mass is 16.6. The van der Waals surface area contributed by atoms with E-state index in [1.807, 2.05) is 0 Å². The van der Waals surface area contributed by atoms with E-state index in [9.17, 15) is 14.7 Å². The number of nitrogens with two attached hydrogens (primary N) is 1. The molecule has 0 heterocycles. The van der Waals surface area contributed by atoms with Gasteiger partial charge in [0.15, 0.2) is 0 Å². The molecule has 0 fully saturated rings. The van der Waals surface area contributed by atoms with Crippen LogP contribution in [0.4, 0.5) is 0 Å². The molecule has 0 aromatic heterocycles. The van der Waals surface area contributed by atoms with E-state index in [4.69, 9.17) is 10.5 Å². The van der Waals surface area contributed by atoms with Crippen LogP contribution in [0.5, 0.6) is 0 Å². The number of carbonyl (C=O) groups is 2. The number of benzene rings is 2. The molecule has 24 heavy (non-hydrogen) atoms. The minimum atomic E-state index is -1.04. The molecule has 5 nitrogen and oxygen atoms in total. The molecule has 0 aliphatic rings. The first-order chi connectivity index (χ1) is 11.2. The number of hydrogen-bond acceptors (Lipinski definition) is 4. The highest BCUT2D eigenvalue weighted by Gasteiger charge is 2.26. The standard InChI is InChI=1S/C19H21NO4/c1-19(2,3)24-18(23)16(20)14-10-6-4-8-12(14)13-9-5-7-11-15(13)17(21)22/h4-11,16H,20H2,1-3H3,(H,21,22). The number of ether oxygens (including phenoxy) is 1. The largest absolute Gasteiger partial charge is 0.478 e. The second-order valence-electron chi connectivity index (χ2n) is 6.45. The normalized spacial score (nSPS) is 12.5. The Morgan fingerprint density at radius 3 is 2.12 bits per heavy atom. The maximum Gasteiger partial charge on any atom is 0.336 e. The number of carboxylic acid groups (broad SMARTS) is 1. The molecule has 0 saturated heterocycles. The van der Waals surface area contributed by atoms with Crippen LogP contribution in [-0.2, 0) is 9.53 Å². The molecule has 5 heteroatoms. The molecule has 0 spiro atoms. The maximum atomic E-state index is 12.3. The van der Waals surface area contributed by atoms with Gasteiger partial charge in [0, 0.05) is 0 Å². The lowest BCUT2D eigenvalue weighted by atomic mass is 9.92. The molecule has 2 rings (SSSR count). The van der Waals surface area contributed by atoms with Crippen LogP contribution in [0.1, 0.15) is 42.7 Å². The Hall–Kier alpha value is -2.66. The molecular formula is C19H21NO4. The molecule has 2 aromatic carbocycles. The predicted octanol–water partition coefficient (Wildman–Crippen LogP) is 3.39. The molecule has 1 atom stereocenters. The van der Waals surface area contributed by atoms with Gasteiger partial charge in [-0.3, -0.25) is 0 Å². The SMILES string of the molecule is CC(C)(C)OC(=O)C(N)c1ccccc1-c1ccccc1C(=O)O. The molecule has 0 aliphatic carbocycles. The molecule has 126 valence electrons. The summed E-state index contributed by atoms with van der Waals surface area (Å²) in [7, 11) is 0. The number of hydrogen-bond donors (Lipinski definition) is 2. The van der Waals surface area contributed by atoms with Gasteiger partial charge in [0.05, 0.1) is 5.56 Å². The van der Waals surface area contributed by atoms with E-state index in [0.29, 0.717) is 16.7 Å². The highest BCUT2D eigenvalue weighted by molar-refractivity contribution is 5.97. The summed E-state index contributed by atoms with van der Waals surface area (Å²) in [6, 6.07) is 12.6. The topological polar surface area (TPSA) is 89.6 Å². The third-order valence-electron chi connectivity index (χ3n) is 3.40. The van der Waals surface area contributed by atoms with E-state index >= 15 is 0 Å². The highest BCUT2D eigenvalue weighted by Crippen LogP contribution is 2.31. The molecule has 1 unspecified atom stereocenters. The summed E-state index contributed by atoms with van der Waals surface area (Å²) in [5, 5.41) is 9.40. The number of rotatable bonds is 4.